The van der Waals surface area contributed by atoms with Gasteiger partial charge in [-0.3, -0.25) is 9.59 Å². The molecular weight excluding hydrogens is 550 g/mol. The van der Waals surface area contributed by atoms with Crippen molar-refractivity contribution in [1.82, 2.24) is 0 Å². The molecule has 40 heavy (non-hydrogen) atoms. The van der Waals surface area contributed by atoms with Crippen molar-refractivity contribution in [2.45, 2.75) is 70.5 Å². The van der Waals surface area contributed by atoms with Gasteiger partial charge in [0, 0.05) is 29.7 Å². The second kappa shape index (κ2) is 19.0. The van der Waals surface area contributed by atoms with Crippen molar-refractivity contribution in [3.63, 3.8) is 0 Å². The molecule has 0 bridgehead atoms. The number of carboxylic acids is 2. The number of thioether (sulfide) groups is 1. The predicted octanol–water partition coefficient (Wildman–Crippen LogP) is 1.13. The Morgan fingerprint density at radius 3 is 2.50 bits per heavy atom. The summed E-state index contributed by atoms with van der Waals surface area (Å²) in [5.41, 5.74) is 2.82. The molecule has 1 unspecified atom stereocenters. The molecule has 0 aliphatic carbocycles. The van der Waals surface area contributed by atoms with E-state index >= 15 is 0 Å². The molecule has 0 saturated carbocycles. The standard InChI is InChI=1S/C30H36O7S.2Na.2H/c1-3-5-15-38-19-20-9-6-10-21(16-20)22(11-7-12-28(32)33)18-36-26-14-13-23-25(31)17-27(30(34)35)37-29(23)24(26)8-4-2;;;;/h6,9-10,13-14,16-17,22H,3-5,7-8,11-12,15,18-19H2,1-2H3,(H,32,33)(H,34,35);;;;/q;2*+1;2*-1. The summed E-state index contributed by atoms with van der Waals surface area (Å²) in [7, 11) is 0. The Kier molecular flexibility index (Phi) is 17.5. The van der Waals surface area contributed by atoms with E-state index in [-0.39, 0.29) is 79.9 Å². The number of aromatic carboxylic acids is 1. The number of benzene rings is 2. The van der Waals surface area contributed by atoms with Crippen LogP contribution in [0, 0.1) is 0 Å². The average molecular weight is 589 g/mol. The molecule has 3 rings (SSSR count). The van der Waals surface area contributed by atoms with Crippen molar-refractivity contribution in [1.29, 1.82) is 0 Å². The maximum Gasteiger partial charge on any atom is 1.00 e. The summed E-state index contributed by atoms with van der Waals surface area (Å²) < 4.78 is 11.9. The number of hydrogen-bond acceptors (Lipinski definition) is 6. The van der Waals surface area contributed by atoms with Gasteiger partial charge in [0.05, 0.1) is 12.0 Å². The summed E-state index contributed by atoms with van der Waals surface area (Å²) in [5, 5.41) is 18.9. The van der Waals surface area contributed by atoms with Crippen molar-refractivity contribution >= 4 is 34.7 Å². The van der Waals surface area contributed by atoms with Crippen LogP contribution in [0.2, 0.25) is 0 Å². The van der Waals surface area contributed by atoms with Gasteiger partial charge in [0.25, 0.3) is 0 Å². The average Bonchev–Trinajstić information content (AvgIpc) is 2.89. The van der Waals surface area contributed by atoms with Crippen molar-refractivity contribution in [3.05, 3.63) is 75.1 Å². The van der Waals surface area contributed by atoms with E-state index in [1.54, 1.807) is 12.1 Å². The van der Waals surface area contributed by atoms with Gasteiger partial charge in [0.1, 0.15) is 11.3 Å². The van der Waals surface area contributed by atoms with Gasteiger partial charge in [0.2, 0.25) is 5.76 Å². The summed E-state index contributed by atoms with van der Waals surface area (Å²) >= 11 is 1.91. The molecule has 0 aliphatic rings. The van der Waals surface area contributed by atoms with Crippen LogP contribution in [0.3, 0.4) is 0 Å². The maximum atomic E-state index is 12.5. The first-order valence-electron chi connectivity index (χ1n) is 13.2. The number of carbonyl (C=O) groups is 2. The molecule has 0 aliphatic heterocycles. The number of unbranched alkanes of at least 4 members (excludes halogenated alkanes) is 1. The molecular formula is C30H38Na2O7S. The predicted molar refractivity (Wildman–Crippen MR) is 153 cm³/mol. The molecule has 3 aromatic rings. The van der Waals surface area contributed by atoms with E-state index in [4.69, 9.17) is 14.3 Å². The van der Waals surface area contributed by atoms with Crippen molar-refractivity contribution in [2.75, 3.05) is 12.4 Å². The Labute approximate surface area is 287 Å². The van der Waals surface area contributed by atoms with Gasteiger partial charge >= 0.3 is 71.1 Å². The normalized spacial score (nSPS) is 11.3. The SMILES string of the molecule is CCCCSCc1cccc(C(CCCC(=O)O)COc2ccc3c(=O)cc(C(=O)O)oc3c2CCC)c1.[H-].[H-].[Na+].[Na+]. The molecule has 0 spiro atoms. The second-order valence-corrected chi connectivity index (χ2v) is 10.5. The minimum absolute atomic E-state index is 0. The first kappa shape index (κ1) is 36.8. The number of aryl methyl sites for hydroxylation is 1. The van der Waals surface area contributed by atoms with Gasteiger partial charge < -0.3 is 22.2 Å². The van der Waals surface area contributed by atoms with Crippen LogP contribution in [-0.2, 0) is 17.0 Å². The number of hydrogen-bond donors (Lipinski definition) is 2. The third-order valence-electron chi connectivity index (χ3n) is 6.38. The molecule has 0 radical (unpaired) electrons. The largest absolute Gasteiger partial charge is 1.00 e. The third-order valence-corrected chi connectivity index (χ3v) is 7.50. The van der Waals surface area contributed by atoms with Gasteiger partial charge in [0.15, 0.2) is 5.43 Å². The van der Waals surface area contributed by atoms with Crippen LogP contribution < -0.4 is 69.3 Å². The van der Waals surface area contributed by atoms with Crippen LogP contribution in [0.4, 0.5) is 0 Å². The number of carboxylic acid groups (broad SMARTS) is 2. The zero-order valence-electron chi connectivity index (χ0n) is 26.0. The number of rotatable bonds is 16. The minimum Gasteiger partial charge on any atom is -1.00 e. The smallest absolute Gasteiger partial charge is 1.00 e. The Hall–Kier alpha value is -1.26. The minimum atomic E-state index is -1.30. The molecule has 2 aromatic carbocycles. The zero-order chi connectivity index (χ0) is 27.5. The van der Waals surface area contributed by atoms with Crippen LogP contribution in [0.5, 0.6) is 5.75 Å². The monoisotopic (exact) mass is 588 g/mol. The summed E-state index contributed by atoms with van der Waals surface area (Å²) in [6.07, 6.45) is 4.91. The molecule has 2 N–H and O–H groups in total. The molecule has 0 saturated heterocycles. The molecule has 0 amide bonds. The molecule has 1 heterocycles. The van der Waals surface area contributed by atoms with E-state index in [0.717, 1.165) is 29.6 Å². The fourth-order valence-electron chi connectivity index (χ4n) is 4.39. The van der Waals surface area contributed by atoms with Crippen molar-refractivity contribution < 1.29 is 90.9 Å². The zero-order valence-corrected chi connectivity index (χ0v) is 28.9. The van der Waals surface area contributed by atoms with E-state index in [1.165, 1.54) is 18.4 Å². The van der Waals surface area contributed by atoms with Gasteiger partial charge in [-0.15, -0.1) is 0 Å². The topological polar surface area (TPSA) is 114 Å². The molecule has 10 heteroatoms. The van der Waals surface area contributed by atoms with E-state index in [2.05, 4.69) is 25.1 Å². The number of ether oxygens (including phenoxy) is 1. The van der Waals surface area contributed by atoms with Crippen molar-refractivity contribution in [2.24, 2.45) is 0 Å². The molecule has 0 fully saturated rings. The number of fused-ring (bicyclic) bond motifs is 1. The summed E-state index contributed by atoms with van der Waals surface area (Å²) in [6, 6.07) is 12.7. The Balaban J connectivity index is 0. The van der Waals surface area contributed by atoms with Gasteiger partial charge in [-0.2, -0.15) is 11.8 Å². The van der Waals surface area contributed by atoms with Crippen LogP contribution >= 0.6 is 11.8 Å². The second-order valence-electron chi connectivity index (χ2n) is 9.39. The summed E-state index contributed by atoms with van der Waals surface area (Å²) in [5.74, 6) is 0.0218. The van der Waals surface area contributed by atoms with Gasteiger partial charge in [-0.05, 0) is 54.7 Å². The molecule has 1 aromatic heterocycles. The summed E-state index contributed by atoms with van der Waals surface area (Å²) in [6.45, 7) is 4.49. The van der Waals surface area contributed by atoms with E-state index in [1.807, 2.05) is 24.8 Å². The molecule has 7 nitrogen and oxygen atoms in total. The van der Waals surface area contributed by atoms with Gasteiger partial charge in [-0.25, -0.2) is 4.79 Å². The Bertz CT molecular complexity index is 1320. The summed E-state index contributed by atoms with van der Waals surface area (Å²) in [4.78, 5) is 35.2. The Morgan fingerprint density at radius 2 is 1.82 bits per heavy atom. The fourth-order valence-corrected chi connectivity index (χ4v) is 5.45. The van der Waals surface area contributed by atoms with Crippen LogP contribution in [0.25, 0.3) is 11.0 Å². The first-order valence-corrected chi connectivity index (χ1v) is 14.3. The van der Waals surface area contributed by atoms with E-state index < -0.39 is 23.1 Å². The first-order chi connectivity index (χ1) is 18.3. The van der Waals surface area contributed by atoms with E-state index in [0.29, 0.717) is 42.6 Å². The third kappa shape index (κ3) is 10.9. The van der Waals surface area contributed by atoms with Gasteiger partial charge in [-0.1, -0.05) is 51.0 Å². The fraction of sp³-hybridized carbons (Fsp3) is 0.433. The van der Waals surface area contributed by atoms with Crippen LogP contribution in [-0.4, -0.2) is 34.5 Å². The molecule has 1 atom stereocenters. The maximum absolute atomic E-state index is 12.5. The molecule has 208 valence electrons. The van der Waals surface area contributed by atoms with Crippen molar-refractivity contribution in [3.8, 4) is 5.75 Å². The number of aliphatic carboxylic acids is 1. The van der Waals surface area contributed by atoms with Crippen LogP contribution in [0.15, 0.2) is 51.7 Å². The van der Waals surface area contributed by atoms with Crippen LogP contribution in [0.1, 0.15) is 88.4 Å². The Morgan fingerprint density at radius 1 is 1.05 bits per heavy atom. The quantitative estimate of drug-likeness (QED) is 0.189. The van der Waals surface area contributed by atoms with E-state index in [9.17, 15) is 19.5 Å².